The smallest absolute Gasteiger partial charge is 0.259 e. The number of hydrogen-bond acceptors (Lipinski definition) is 4. The average Bonchev–Trinajstić information content (AvgIpc) is 2.87. The van der Waals surface area contributed by atoms with Gasteiger partial charge in [-0.15, -0.1) is 0 Å². The van der Waals surface area contributed by atoms with Gasteiger partial charge in [-0.05, 0) is 26.9 Å². The van der Waals surface area contributed by atoms with Gasteiger partial charge < -0.3 is 15.5 Å². The quantitative estimate of drug-likeness (QED) is 0.831. The minimum absolute atomic E-state index is 0.00458. The van der Waals surface area contributed by atoms with Crippen LogP contribution in [0.2, 0.25) is 0 Å². The highest BCUT2D eigenvalue weighted by atomic mass is 16.2. The summed E-state index contributed by atoms with van der Waals surface area (Å²) in [6.45, 7) is 1.71. The van der Waals surface area contributed by atoms with E-state index in [-0.39, 0.29) is 11.9 Å². The topological polar surface area (TPSA) is 67.4 Å². The number of rotatable bonds is 3. The molecule has 6 nitrogen and oxygen atoms in total. The Hall–Kier alpha value is -1.56. The Morgan fingerprint density at radius 1 is 1.61 bits per heavy atom. The molecule has 1 unspecified atom stereocenters. The second-order valence-corrected chi connectivity index (χ2v) is 5.12. The molecule has 0 bridgehead atoms. The van der Waals surface area contributed by atoms with Crippen LogP contribution in [0.1, 0.15) is 23.2 Å². The molecule has 100 valence electrons. The van der Waals surface area contributed by atoms with Gasteiger partial charge in [-0.25, -0.2) is 0 Å². The number of nitrogen functional groups attached to an aromatic ring is 1. The van der Waals surface area contributed by atoms with Crippen LogP contribution in [0.3, 0.4) is 0 Å². The molecule has 0 spiro atoms. The van der Waals surface area contributed by atoms with E-state index < -0.39 is 0 Å². The molecule has 0 aliphatic carbocycles. The number of anilines is 1. The number of nitrogens with two attached hydrogens (primary N) is 1. The van der Waals surface area contributed by atoms with Crippen molar-refractivity contribution < 1.29 is 4.79 Å². The monoisotopic (exact) mass is 251 g/mol. The van der Waals surface area contributed by atoms with E-state index in [1.807, 2.05) is 19.0 Å². The molecule has 1 aromatic rings. The molecule has 18 heavy (non-hydrogen) atoms. The third kappa shape index (κ3) is 2.33. The number of amides is 1. The molecular weight excluding hydrogens is 230 g/mol. The van der Waals surface area contributed by atoms with Gasteiger partial charge in [-0.3, -0.25) is 9.48 Å². The summed E-state index contributed by atoms with van der Waals surface area (Å²) in [5.74, 6) is 0.445. The number of carbonyl (C=O) groups excluding carboxylic acids is 1. The summed E-state index contributed by atoms with van der Waals surface area (Å²) in [7, 11) is 5.80. The molecule has 1 aliphatic heterocycles. The van der Waals surface area contributed by atoms with Crippen LogP contribution in [0.25, 0.3) is 0 Å². The maximum absolute atomic E-state index is 12.4. The lowest BCUT2D eigenvalue weighted by Crippen LogP contribution is -2.41. The van der Waals surface area contributed by atoms with Gasteiger partial charge in [0.15, 0.2) is 0 Å². The van der Waals surface area contributed by atoms with Gasteiger partial charge >= 0.3 is 0 Å². The van der Waals surface area contributed by atoms with Crippen molar-refractivity contribution in [1.29, 1.82) is 0 Å². The average molecular weight is 251 g/mol. The van der Waals surface area contributed by atoms with Gasteiger partial charge in [-0.2, -0.15) is 5.10 Å². The van der Waals surface area contributed by atoms with E-state index in [1.54, 1.807) is 13.2 Å². The predicted molar refractivity (Wildman–Crippen MR) is 70.2 cm³/mol. The molecule has 6 heteroatoms. The van der Waals surface area contributed by atoms with Crippen molar-refractivity contribution in [3.05, 3.63) is 11.8 Å². The lowest BCUT2D eigenvalue weighted by atomic mass is 10.2. The van der Waals surface area contributed by atoms with Gasteiger partial charge in [0.1, 0.15) is 11.4 Å². The zero-order chi connectivity index (χ0) is 13.3. The number of likely N-dealkylation sites (tertiary alicyclic amines) is 1. The maximum atomic E-state index is 12.4. The Morgan fingerprint density at radius 3 is 2.89 bits per heavy atom. The molecule has 1 saturated heterocycles. The van der Waals surface area contributed by atoms with Crippen LogP contribution in [0.4, 0.5) is 5.82 Å². The number of aromatic nitrogens is 2. The molecule has 1 aromatic heterocycles. The first-order chi connectivity index (χ1) is 8.50. The Morgan fingerprint density at radius 2 is 2.33 bits per heavy atom. The highest BCUT2D eigenvalue weighted by Crippen LogP contribution is 2.22. The Bertz CT molecular complexity index is 440. The molecule has 2 N–H and O–H groups in total. The lowest BCUT2D eigenvalue weighted by Gasteiger charge is -2.26. The standard InChI is InChI=1S/C12H21N5O/c1-15(2)8-9-5-4-6-17(9)12(18)10-7-14-16(3)11(10)13/h7,9H,4-6,8,13H2,1-3H3. The normalized spacial score (nSPS) is 19.8. The van der Waals surface area contributed by atoms with Crippen molar-refractivity contribution in [2.24, 2.45) is 7.05 Å². The first-order valence-electron chi connectivity index (χ1n) is 6.24. The van der Waals surface area contributed by atoms with Crippen molar-refractivity contribution in [3.63, 3.8) is 0 Å². The Balaban J connectivity index is 2.15. The van der Waals surface area contributed by atoms with Gasteiger partial charge in [0.2, 0.25) is 0 Å². The van der Waals surface area contributed by atoms with Gasteiger partial charge in [0, 0.05) is 26.2 Å². The second-order valence-electron chi connectivity index (χ2n) is 5.12. The predicted octanol–water partition coefficient (Wildman–Crippen LogP) is 0.169. The maximum Gasteiger partial charge on any atom is 0.259 e. The van der Waals surface area contributed by atoms with Crippen LogP contribution >= 0.6 is 0 Å². The largest absolute Gasteiger partial charge is 0.383 e. The third-order valence-corrected chi connectivity index (χ3v) is 3.43. The number of hydrogen-bond donors (Lipinski definition) is 1. The molecule has 2 rings (SSSR count). The van der Waals surface area contributed by atoms with Crippen molar-refractivity contribution in [2.75, 3.05) is 32.9 Å². The van der Waals surface area contributed by atoms with E-state index in [4.69, 9.17) is 5.73 Å². The number of carbonyl (C=O) groups is 1. The summed E-state index contributed by atoms with van der Waals surface area (Å²) >= 11 is 0. The van der Waals surface area contributed by atoms with Crippen LogP contribution in [-0.2, 0) is 7.05 Å². The molecule has 0 saturated carbocycles. The molecule has 0 aromatic carbocycles. The van der Waals surface area contributed by atoms with Crippen LogP contribution in [0, 0.1) is 0 Å². The van der Waals surface area contributed by atoms with Gasteiger partial charge in [0.25, 0.3) is 5.91 Å². The number of likely N-dealkylation sites (N-methyl/N-ethyl adjacent to an activating group) is 1. The minimum atomic E-state index is 0.00458. The Labute approximate surface area is 107 Å². The van der Waals surface area contributed by atoms with Crippen molar-refractivity contribution in [3.8, 4) is 0 Å². The highest BCUT2D eigenvalue weighted by Gasteiger charge is 2.31. The van der Waals surface area contributed by atoms with E-state index in [0.29, 0.717) is 11.4 Å². The summed E-state index contributed by atoms with van der Waals surface area (Å²) in [4.78, 5) is 16.5. The van der Waals surface area contributed by atoms with E-state index in [9.17, 15) is 4.79 Å². The van der Waals surface area contributed by atoms with Crippen LogP contribution in [-0.4, -0.2) is 58.7 Å². The summed E-state index contributed by atoms with van der Waals surface area (Å²) in [6, 6.07) is 0.284. The van der Waals surface area contributed by atoms with Crippen LogP contribution in [0.5, 0.6) is 0 Å². The zero-order valence-electron chi connectivity index (χ0n) is 11.3. The van der Waals surface area contributed by atoms with E-state index in [0.717, 1.165) is 25.9 Å². The van der Waals surface area contributed by atoms with Crippen molar-refractivity contribution in [2.45, 2.75) is 18.9 Å². The van der Waals surface area contributed by atoms with Gasteiger partial charge in [-0.1, -0.05) is 0 Å². The van der Waals surface area contributed by atoms with Crippen molar-refractivity contribution in [1.82, 2.24) is 19.6 Å². The summed E-state index contributed by atoms with van der Waals surface area (Å²) in [5.41, 5.74) is 6.38. The molecule has 1 aliphatic rings. The SMILES string of the molecule is CN(C)CC1CCCN1C(=O)c1cnn(C)c1N. The fourth-order valence-corrected chi connectivity index (χ4v) is 2.48. The molecule has 1 amide bonds. The summed E-state index contributed by atoms with van der Waals surface area (Å²) < 4.78 is 1.53. The van der Waals surface area contributed by atoms with Crippen LogP contribution in [0.15, 0.2) is 6.20 Å². The number of aryl methyl sites for hydroxylation is 1. The molecule has 2 heterocycles. The minimum Gasteiger partial charge on any atom is -0.383 e. The molecule has 0 radical (unpaired) electrons. The third-order valence-electron chi connectivity index (χ3n) is 3.43. The zero-order valence-corrected chi connectivity index (χ0v) is 11.3. The number of nitrogens with zero attached hydrogens (tertiary/aromatic N) is 4. The fraction of sp³-hybridized carbons (Fsp3) is 0.667. The van der Waals surface area contributed by atoms with E-state index >= 15 is 0 Å². The highest BCUT2D eigenvalue weighted by molar-refractivity contribution is 5.98. The Kier molecular flexibility index (Phi) is 3.56. The van der Waals surface area contributed by atoms with Crippen LogP contribution < -0.4 is 5.73 Å². The van der Waals surface area contributed by atoms with Gasteiger partial charge in [0.05, 0.1) is 6.20 Å². The first-order valence-corrected chi connectivity index (χ1v) is 6.24. The van der Waals surface area contributed by atoms with E-state index in [2.05, 4.69) is 10.00 Å². The fourth-order valence-electron chi connectivity index (χ4n) is 2.48. The summed E-state index contributed by atoms with van der Waals surface area (Å²) in [6.07, 6.45) is 3.68. The van der Waals surface area contributed by atoms with E-state index in [1.165, 1.54) is 4.68 Å². The van der Waals surface area contributed by atoms with Crippen molar-refractivity contribution >= 4 is 11.7 Å². The summed E-state index contributed by atoms with van der Waals surface area (Å²) in [5, 5.41) is 4.03. The first kappa shape index (κ1) is 12.9. The molecule has 1 fully saturated rings. The lowest BCUT2D eigenvalue weighted by molar-refractivity contribution is 0.0717. The second kappa shape index (κ2) is 4.97. The molecular formula is C12H21N5O. The molecule has 1 atom stereocenters.